The molecule has 4 aromatic rings. The molecular formula is C27H25N3O6. The summed E-state index contributed by atoms with van der Waals surface area (Å²) >= 11 is 0. The number of methoxy groups -OCH3 is 2. The van der Waals surface area contributed by atoms with Crippen LogP contribution in [0.15, 0.2) is 83.0 Å². The number of aromatic nitrogens is 2. The Hall–Kier alpha value is -4.53. The molecule has 3 heterocycles. The van der Waals surface area contributed by atoms with E-state index < -0.39 is 23.5 Å². The molecular weight excluding hydrogens is 462 g/mol. The van der Waals surface area contributed by atoms with Crippen molar-refractivity contribution in [2.24, 2.45) is 0 Å². The molecule has 9 nitrogen and oxygen atoms in total. The minimum absolute atomic E-state index is 0.0334. The number of rotatable bonds is 9. The second-order valence-corrected chi connectivity index (χ2v) is 8.41. The maximum Gasteiger partial charge on any atom is 0.290 e. The highest BCUT2D eigenvalue weighted by Crippen LogP contribution is 2.42. The first-order valence-electron chi connectivity index (χ1n) is 11.5. The number of nitrogens with zero attached hydrogens (tertiary/aromatic N) is 3. The average molecular weight is 488 g/mol. The van der Waals surface area contributed by atoms with Crippen LogP contribution in [0.25, 0.3) is 11.0 Å². The molecule has 1 aliphatic rings. The van der Waals surface area contributed by atoms with Gasteiger partial charge in [-0.3, -0.25) is 9.59 Å². The molecule has 1 N–H and O–H groups in total. The average Bonchev–Trinajstić information content (AvgIpc) is 3.63. The molecule has 0 saturated carbocycles. The topological polar surface area (TPSA) is 107 Å². The number of aliphatic hydroxyl groups is 1. The molecule has 1 aliphatic heterocycles. The highest BCUT2D eigenvalue weighted by atomic mass is 16.5. The van der Waals surface area contributed by atoms with Crippen LogP contribution in [0.1, 0.15) is 28.6 Å². The molecule has 0 aliphatic carbocycles. The largest absolute Gasteiger partial charge is 0.503 e. The van der Waals surface area contributed by atoms with E-state index in [1.54, 1.807) is 42.9 Å². The second-order valence-electron chi connectivity index (χ2n) is 8.41. The lowest BCUT2D eigenvalue weighted by Gasteiger charge is -2.27. The molecule has 0 fully saturated rings. The van der Waals surface area contributed by atoms with Gasteiger partial charge in [0.15, 0.2) is 23.0 Å². The Balaban J connectivity index is 1.54. The van der Waals surface area contributed by atoms with Gasteiger partial charge in [-0.1, -0.05) is 24.3 Å². The van der Waals surface area contributed by atoms with Crippen molar-refractivity contribution >= 4 is 22.7 Å². The van der Waals surface area contributed by atoms with Gasteiger partial charge in [0.25, 0.3) is 5.91 Å². The quantitative estimate of drug-likeness (QED) is 0.351. The predicted molar refractivity (Wildman–Crippen MR) is 131 cm³/mol. The Labute approximate surface area is 207 Å². The van der Waals surface area contributed by atoms with Crippen LogP contribution in [0.3, 0.4) is 0 Å². The number of amides is 1. The molecule has 2 aromatic heterocycles. The third-order valence-corrected chi connectivity index (χ3v) is 6.30. The number of benzene rings is 2. The van der Waals surface area contributed by atoms with Crippen LogP contribution >= 0.6 is 0 Å². The van der Waals surface area contributed by atoms with Crippen LogP contribution in [0.5, 0.6) is 11.5 Å². The minimum atomic E-state index is -0.833. The summed E-state index contributed by atoms with van der Waals surface area (Å²) in [5, 5.41) is 11.7. The molecule has 2 aromatic carbocycles. The van der Waals surface area contributed by atoms with Crippen molar-refractivity contribution in [2.45, 2.75) is 19.0 Å². The van der Waals surface area contributed by atoms with Crippen molar-refractivity contribution in [2.75, 3.05) is 20.8 Å². The van der Waals surface area contributed by atoms with E-state index in [0.29, 0.717) is 42.2 Å². The molecule has 0 unspecified atom stereocenters. The second kappa shape index (κ2) is 9.61. The number of aryl methyl sites for hydroxylation is 1. The first kappa shape index (κ1) is 23.2. The molecule has 9 heteroatoms. The molecule has 0 spiro atoms. The molecule has 1 atom stereocenters. The zero-order chi connectivity index (χ0) is 25.2. The summed E-state index contributed by atoms with van der Waals surface area (Å²) < 4.78 is 18.5. The number of fused-ring (bicyclic) bond motifs is 1. The zero-order valence-corrected chi connectivity index (χ0v) is 19.9. The van der Waals surface area contributed by atoms with Gasteiger partial charge in [-0.25, -0.2) is 4.98 Å². The fraction of sp³-hybridized carbons (Fsp3) is 0.222. The zero-order valence-electron chi connectivity index (χ0n) is 19.9. The van der Waals surface area contributed by atoms with Gasteiger partial charge in [-0.15, -0.1) is 0 Å². The number of ether oxygens (including phenoxy) is 2. The van der Waals surface area contributed by atoms with Crippen molar-refractivity contribution < 1.29 is 28.6 Å². The van der Waals surface area contributed by atoms with Crippen LogP contribution < -0.4 is 9.47 Å². The fourth-order valence-electron chi connectivity index (χ4n) is 4.55. The maximum atomic E-state index is 13.7. The van der Waals surface area contributed by atoms with E-state index in [2.05, 4.69) is 4.98 Å². The van der Waals surface area contributed by atoms with Gasteiger partial charge in [0.2, 0.25) is 5.78 Å². The van der Waals surface area contributed by atoms with E-state index in [1.807, 2.05) is 29.0 Å². The normalized spacial score (nSPS) is 15.7. The van der Waals surface area contributed by atoms with Crippen LogP contribution in [0.2, 0.25) is 0 Å². The summed E-state index contributed by atoms with van der Waals surface area (Å²) in [4.78, 5) is 32.5. The Kier molecular flexibility index (Phi) is 6.20. The first-order valence-corrected chi connectivity index (χ1v) is 11.5. The number of para-hydroxylation sites is 1. The smallest absolute Gasteiger partial charge is 0.290 e. The van der Waals surface area contributed by atoms with Crippen LogP contribution in [-0.4, -0.2) is 52.0 Å². The third kappa shape index (κ3) is 4.08. The van der Waals surface area contributed by atoms with E-state index in [-0.39, 0.29) is 11.3 Å². The van der Waals surface area contributed by atoms with Crippen molar-refractivity contribution in [1.29, 1.82) is 0 Å². The number of furan rings is 1. The molecule has 0 saturated heterocycles. The number of carbonyl (C=O) groups is 2. The van der Waals surface area contributed by atoms with Crippen LogP contribution in [-0.2, 0) is 11.3 Å². The van der Waals surface area contributed by atoms with Gasteiger partial charge in [-0.2, -0.15) is 0 Å². The Morgan fingerprint density at radius 3 is 2.61 bits per heavy atom. The van der Waals surface area contributed by atoms with E-state index in [0.717, 1.165) is 5.39 Å². The van der Waals surface area contributed by atoms with Gasteiger partial charge in [0.05, 0.1) is 32.2 Å². The van der Waals surface area contributed by atoms with E-state index >= 15 is 0 Å². The predicted octanol–water partition coefficient (Wildman–Crippen LogP) is 4.32. The van der Waals surface area contributed by atoms with Gasteiger partial charge >= 0.3 is 0 Å². The van der Waals surface area contributed by atoms with Gasteiger partial charge in [0, 0.05) is 30.9 Å². The lowest BCUT2D eigenvalue weighted by molar-refractivity contribution is -0.129. The SMILES string of the molecule is COc1ccc([C@@H]2C(C(=O)c3cc4ccccc4o3)=C(O)C(=O)N2CCCn2ccnc2)cc1OC. The van der Waals surface area contributed by atoms with Crippen molar-refractivity contribution in [3.05, 3.63) is 89.9 Å². The first-order chi connectivity index (χ1) is 17.5. The lowest BCUT2D eigenvalue weighted by Crippen LogP contribution is -2.32. The molecule has 184 valence electrons. The highest BCUT2D eigenvalue weighted by Gasteiger charge is 2.44. The van der Waals surface area contributed by atoms with Crippen LogP contribution in [0, 0.1) is 0 Å². The van der Waals surface area contributed by atoms with Crippen LogP contribution in [0.4, 0.5) is 0 Å². The van der Waals surface area contributed by atoms with Gasteiger partial charge in [0.1, 0.15) is 5.58 Å². The monoisotopic (exact) mass is 487 g/mol. The summed E-state index contributed by atoms with van der Waals surface area (Å²) in [6.07, 6.45) is 5.81. The Morgan fingerprint density at radius 1 is 1.08 bits per heavy atom. The molecule has 0 radical (unpaired) electrons. The number of imidazole rings is 1. The van der Waals surface area contributed by atoms with Crippen molar-refractivity contribution in [3.8, 4) is 11.5 Å². The summed E-state index contributed by atoms with van der Waals surface area (Å²) in [6, 6.07) is 13.2. The third-order valence-electron chi connectivity index (χ3n) is 6.30. The molecule has 36 heavy (non-hydrogen) atoms. The summed E-state index contributed by atoms with van der Waals surface area (Å²) in [5.41, 5.74) is 1.12. The maximum absolute atomic E-state index is 13.7. The number of Topliss-reactive ketones (excluding diaryl/α,β-unsaturated/α-hetero) is 1. The number of hydrogen-bond acceptors (Lipinski definition) is 7. The summed E-state index contributed by atoms with van der Waals surface area (Å²) in [5.74, 6) is -0.730. The van der Waals surface area contributed by atoms with E-state index in [9.17, 15) is 14.7 Å². The molecule has 0 bridgehead atoms. The van der Waals surface area contributed by atoms with E-state index in [4.69, 9.17) is 13.9 Å². The summed E-state index contributed by atoms with van der Waals surface area (Å²) in [6.45, 7) is 0.924. The lowest BCUT2D eigenvalue weighted by atomic mass is 9.94. The summed E-state index contributed by atoms with van der Waals surface area (Å²) in [7, 11) is 3.04. The standard InChI is InChI=1S/C27H25N3O6/c1-34-20-9-8-18(15-21(20)35-2)24-23(25(31)22-14-17-6-3-4-7-19(17)36-22)26(32)27(33)30(24)12-5-11-29-13-10-28-16-29/h3-4,6-10,13-16,24,32H,5,11-12H2,1-2H3/t24-/m1/s1. The molecule has 5 rings (SSSR count). The number of carbonyl (C=O) groups excluding carboxylic acids is 2. The number of hydrogen-bond donors (Lipinski definition) is 1. The highest BCUT2D eigenvalue weighted by molar-refractivity contribution is 6.16. The Morgan fingerprint density at radius 2 is 1.89 bits per heavy atom. The van der Waals surface area contributed by atoms with Crippen molar-refractivity contribution in [3.63, 3.8) is 0 Å². The minimum Gasteiger partial charge on any atom is -0.503 e. The number of aliphatic hydroxyl groups excluding tert-OH is 1. The van der Waals surface area contributed by atoms with Gasteiger partial charge < -0.3 is 28.5 Å². The molecule has 1 amide bonds. The Bertz CT molecular complexity index is 1420. The van der Waals surface area contributed by atoms with Gasteiger partial charge in [-0.05, 0) is 36.2 Å². The fourth-order valence-corrected chi connectivity index (χ4v) is 4.55. The van der Waals surface area contributed by atoms with E-state index in [1.165, 1.54) is 19.1 Å². The number of ketones is 1. The van der Waals surface area contributed by atoms with Crippen molar-refractivity contribution in [1.82, 2.24) is 14.5 Å².